The number of carbonyl (C=O) groups excluding carboxylic acids is 1. The number of ether oxygens (including phenoxy) is 1. The van der Waals surface area contributed by atoms with Crippen molar-refractivity contribution in [3.8, 4) is 5.75 Å². The fraction of sp³-hybridized carbons (Fsp3) is 0.0370. The van der Waals surface area contributed by atoms with Crippen LogP contribution in [0, 0.1) is 0 Å². The zero-order valence-corrected chi connectivity index (χ0v) is 17.8. The highest BCUT2D eigenvalue weighted by atomic mass is 31.2. The Labute approximate surface area is 177 Å². The van der Waals surface area contributed by atoms with Gasteiger partial charge in [0.2, 0.25) is 0 Å². The fourth-order valence-corrected chi connectivity index (χ4v) is 6.83. The standard InChI is InChI=1S/C27H23O2P/c1-29-22-19-17-21(18-20-22)27(28)25-15-9-10-16-26(25)30(2,23-11-5-3-6-12-23)24-13-7-4-8-14-24/h3-20H,2H2,1H3. The third-order valence-electron chi connectivity index (χ3n) is 5.31. The Balaban J connectivity index is 1.92. The SMILES string of the molecule is C=P(c1ccccc1)(c1ccccc1)c1ccccc1C(=O)c1ccc(OC)cc1. The number of ketones is 1. The number of benzene rings is 4. The highest BCUT2D eigenvalue weighted by molar-refractivity contribution is 7.93. The van der Waals surface area contributed by atoms with Crippen molar-refractivity contribution >= 4 is 34.9 Å². The molecular formula is C27H23O2P. The van der Waals surface area contributed by atoms with E-state index in [2.05, 4.69) is 30.3 Å². The van der Waals surface area contributed by atoms with Crippen LogP contribution in [0.1, 0.15) is 15.9 Å². The van der Waals surface area contributed by atoms with Gasteiger partial charge in [-0.25, -0.2) is 0 Å². The summed E-state index contributed by atoms with van der Waals surface area (Å²) < 4.78 is 5.23. The van der Waals surface area contributed by atoms with Crippen molar-refractivity contribution < 1.29 is 9.53 Å². The Bertz CT molecular complexity index is 1150. The molecule has 3 heteroatoms. The largest absolute Gasteiger partial charge is 0.497 e. The summed E-state index contributed by atoms with van der Waals surface area (Å²) in [5, 5.41) is 3.28. The van der Waals surface area contributed by atoms with Crippen LogP contribution in [0.25, 0.3) is 0 Å². The van der Waals surface area contributed by atoms with Gasteiger partial charge < -0.3 is 4.74 Å². The molecule has 0 amide bonds. The molecule has 0 N–H and O–H groups in total. The lowest BCUT2D eigenvalue weighted by Gasteiger charge is -2.28. The number of hydrogen-bond acceptors (Lipinski definition) is 2. The van der Waals surface area contributed by atoms with E-state index in [4.69, 9.17) is 11.0 Å². The van der Waals surface area contributed by atoms with Crippen LogP contribution in [0.3, 0.4) is 0 Å². The Morgan fingerprint density at radius 3 is 1.73 bits per heavy atom. The Hall–Kier alpha value is -3.35. The van der Waals surface area contributed by atoms with Gasteiger partial charge in [0.25, 0.3) is 0 Å². The second-order valence-electron chi connectivity index (χ2n) is 7.06. The molecule has 0 bridgehead atoms. The third-order valence-corrected chi connectivity index (χ3v) is 8.88. The molecule has 0 saturated carbocycles. The first-order valence-corrected chi connectivity index (χ1v) is 11.7. The van der Waals surface area contributed by atoms with Crippen molar-refractivity contribution in [2.24, 2.45) is 0 Å². The minimum absolute atomic E-state index is 0.00635. The molecule has 4 rings (SSSR count). The van der Waals surface area contributed by atoms with Gasteiger partial charge in [0, 0.05) is 11.1 Å². The van der Waals surface area contributed by atoms with Gasteiger partial charge in [-0.3, -0.25) is 4.79 Å². The molecule has 0 saturated heterocycles. The smallest absolute Gasteiger partial charge is 0.193 e. The number of rotatable bonds is 6. The van der Waals surface area contributed by atoms with Crippen molar-refractivity contribution in [3.05, 3.63) is 120 Å². The summed E-state index contributed by atoms with van der Waals surface area (Å²) in [6.45, 7) is -2.25. The zero-order valence-electron chi connectivity index (χ0n) is 16.9. The van der Waals surface area contributed by atoms with Crippen molar-refractivity contribution in [3.63, 3.8) is 0 Å². The summed E-state index contributed by atoms with van der Waals surface area (Å²) in [4.78, 5) is 13.5. The molecule has 0 aliphatic carbocycles. The van der Waals surface area contributed by atoms with E-state index in [1.165, 1.54) is 0 Å². The van der Waals surface area contributed by atoms with Crippen LogP contribution >= 0.6 is 6.89 Å². The van der Waals surface area contributed by atoms with Crippen molar-refractivity contribution in [2.45, 2.75) is 0 Å². The van der Waals surface area contributed by atoms with E-state index in [0.29, 0.717) is 11.1 Å². The molecule has 4 aromatic rings. The predicted molar refractivity (Wildman–Crippen MR) is 129 cm³/mol. The highest BCUT2D eigenvalue weighted by Gasteiger charge is 2.27. The van der Waals surface area contributed by atoms with Crippen molar-refractivity contribution in [1.29, 1.82) is 0 Å². The lowest BCUT2D eigenvalue weighted by Crippen LogP contribution is -2.29. The summed E-state index contributed by atoms with van der Waals surface area (Å²) in [6, 6.07) is 35.7. The molecule has 0 aliphatic heterocycles. The maximum absolute atomic E-state index is 13.5. The lowest BCUT2D eigenvalue weighted by molar-refractivity contribution is 0.104. The van der Waals surface area contributed by atoms with Gasteiger partial charge in [0.05, 0.1) is 7.11 Å². The van der Waals surface area contributed by atoms with E-state index in [0.717, 1.165) is 21.7 Å². The van der Waals surface area contributed by atoms with E-state index in [9.17, 15) is 4.79 Å². The molecule has 0 fully saturated rings. The molecule has 0 aliphatic rings. The quantitative estimate of drug-likeness (QED) is 0.342. The van der Waals surface area contributed by atoms with Gasteiger partial charge in [-0.2, -0.15) is 0 Å². The average molecular weight is 410 g/mol. The molecule has 0 spiro atoms. The molecule has 0 atom stereocenters. The summed E-state index contributed by atoms with van der Waals surface area (Å²) >= 11 is 0. The molecule has 30 heavy (non-hydrogen) atoms. The van der Waals surface area contributed by atoms with E-state index in [-0.39, 0.29) is 5.78 Å². The minimum atomic E-state index is -2.25. The van der Waals surface area contributed by atoms with Gasteiger partial charge >= 0.3 is 0 Å². The van der Waals surface area contributed by atoms with Crippen LogP contribution in [0.15, 0.2) is 109 Å². The highest BCUT2D eigenvalue weighted by Crippen LogP contribution is 2.43. The monoisotopic (exact) mass is 410 g/mol. The summed E-state index contributed by atoms with van der Waals surface area (Å²) in [6.07, 6.45) is 4.78. The van der Waals surface area contributed by atoms with Gasteiger partial charge in [0.15, 0.2) is 5.78 Å². The van der Waals surface area contributed by atoms with E-state index >= 15 is 0 Å². The van der Waals surface area contributed by atoms with Crippen LogP contribution in [-0.2, 0) is 0 Å². The fourth-order valence-electron chi connectivity index (χ4n) is 3.69. The van der Waals surface area contributed by atoms with E-state index < -0.39 is 6.89 Å². The second-order valence-corrected chi connectivity index (χ2v) is 10.2. The normalized spacial score (nSPS) is 11.1. The lowest BCUT2D eigenvalue weighted by atomic mass is 10.0. The Kier molecular flexibility index (Phi) is 5.70. The summed E-state index contributed by atoms with van der Waals surface area (Å²) in [5.41, 5.74) is 1.33. The van der Waals surface area contributed by atoms with Crippen LogP contribution in [0.2, 0.25) is 0 Å². The van der Waals surface area contributed by atoms with E-state index in [1.54, 1.807) is 7.11 Å². The van der Waals surface area contributed by atoms with E-state index in [1.807, 2.05) is 78.9 Å². The maximum Gasteiger partial charge on any atom is 0.193 e. The van der Waals surface area contributed by atoms with Crippen LogP contribution in [0.5, 0.6) is 5.75 Å². The maximum atomic E-state index is 13.5. The van der Waals surface area contributed by atoms with Crippen molar-refractivity contribution in [1.82, 2.24) is 0 Å². The molecule has 148 valence electrons. The first-order valence-electron chi connectivity index (χ1n) is 9.77. The molecule has 0 aromatic heterocycles. The van der Waals surface area contributed by atoms with Crippen molar-refractivity contribution in [2.75, 3.05) is 7.11 Å². The van der Waals surface area contributed by atoms with Crippen LogP contribution in [0.4, 0.5) is 0 Å². The summed E-state index contributed by atoms with van der Waals surface area (Å²) in [7, 11) is 1.62. The molecule has 0 heterocycles. The molecule has 0 unspecified atom stereocenters. The Morgan fingerprint density at radius 2 is 1.20 bits per heavy atom. The van der Waals surface area contributed by atoms with Gasteiger partial charge in [-0.15, -0.1) is 0 Å². The minimum Gasteiger partial charge on any atom is -0.497 e. The zero-order chi connectivity index (χ0) is 21.0. The number of hydrogen-bond donors (Lipinski definition) is 0. The first-order chi connectivity index (χ1) is 14.6. The number of methoxy groups -OCH3 is 1. The Morgan fingerprint density at radius 1 is 0.700 bits per heavy atom. The van der Waals surface area contributed by atoms with Gasteiger partial charge in [-0.05, 0) is 47.1 Å². The first kappa shape index (κ1) is 19.9. The molecule has 0 radical (unpaired) electrons. The third kappa shape index (κ3) is 3.63. The summed E-state index contributed by atoms with van der Waals surface area (Å²) in [5.74, 6) is 0.723. The van der Waals surface area contributed by atoms with Gasteiger partial charge in [0.1, 0.15) is 5.75 Å². The van der Waals surface area contributed by atoms with Crippen LogP contribution < -0.4 is 20.7 Å². The molecule has 2 nitrogen and oxygen atoms in total. The second kappa shape index (κ2) is 8.57. The molecule has 4 aromatic carbocycles. The van der Waals surface area contributed by atoms with Crippen LogP contribution in [-0.4, -0.2) is 19.2 Å². The topological polar surface area (TPSA) is 26.3 Å². The predicted octanol–water partition coefficient (Wildman–Crippen LogP) is 4.65. The van der Waals surface area contributed by atoms with Gasteiger partial charge in [-0.1, -0.05) is 91.2 Å². The molecular weight excluding hydrogens is 387 g/mol. The average Bonchev–Trinajstić information content (AvgIpc) is 2.84. The number of carbonyl (C=O) groups is 1.